The zero-order valence-corrected chi connectivity index (χ0v) is 12.1. The summed E-state index contributed by atoms with van der Waals surface area (Å²) in [5.41, 5.74) is 0.147. The fraction of sp³-hybridized carbons (Fsp3) is 0.625. The van der Waals surface area contributed by atoms with E-state index >= 15 is 0 Å². The van der Waals surface area contributed by atoms with Crippen LogP contribution in [0.2, 0.25) is 0 Å². The van der Waals surface area contributed by atoms with Crippen molar-refractivity contribution in [3.8, 4) is 0 Å². The molecule has 3 heteroatoms. The van der Waals surface area contributed by atoms with Crippen molar-refractivity contribution in [2.75, 3.05) is 0 Å². The predicted octanol–water partition coefficient (Wildman–Crippen LogP) is 5.88. The normalized spacial score (nSPS) is 15.4. The molecule has 2 rings (SSSR count). The van der Waals surface area contributed by atoms with Crippen LogP contribution in [0.15, 0.2) is 24.3 Å². The molecule has 1 aromatic rings. The van der Waals surface area contributed by atoms with Crippen molar-refractivity contribution < 1.29 is 13.2 Å². The highest BCUT2D eigenvalue weighted by atomic mass is 19.4. The van der Waals surface area contributed by atoms with Gasteiger partial charge in [0.15, 0.2) is 0 Å². The van der Waals surface area contributed by atoms with E-state index in [0.717, 1.165) is 23.5 Å². The van der Waals surface area contributed by atoms with Crippen LogP contribution in [0.5, 0.6) is 0 Å². The Morgan fingerprint density at radius 2 is 1.63 bits per heavy atom. The standard InChI is InChI=1S/C10H11F3.C6H12/c1-7(2)8-4-3-5-9(6-8)10(11,12)13;1-5(2)6-3-4-6/h3-7H,1-2H3;5-6H,3-4H2,1-2H3. The topological polar surface area (TPSA) is 0 Å². The van der Waals surface area contributed by atoms with Gasteiger partial charge in [-0.3, -0.25) is 0 Å². The molecular formula is C16H23F3. The van der Waals surface area contributed by atoms with Gasteiger partial charge in [0.2, 0.25) is 0 Å². The van der Waals surface area contributed by atoms with Crippen LogP contribution in [0.4, 0.5) is 13.2 Å². The van der Waals surface area contributed by atoms with Gasteiger partial charge in [0.1, 0.15) is 0 Å². The lowest BCUT2D eigenvalue weighted by Gasteiger charge is -2.10. The molecule has 1 aliphatic carbocycles. The van der Waals surface area contributed by atoms with E-state index in [1.54, 1.807) is 6.07 Å². The number of hydrogen-bond acceptors (Lipinski definition) is 0. The van der Waals surface area contributed by atoms with E-state index in [2.05, 4.69) is 13.8 Å². The highest BCUT2D eigenvalue weighted by molar-refractivity contribution is 5.27. The number of alkyl halides is 3. The summed E-state index contributed by atoms with van der Waals surface area (Å²) in [6, 6.07) is 5.44. The fourth-order valence-corrected chi connectivity index (χ4v) is 1.84. The average molecular weight is 272 g/mol. The van der Waals surface area contributed by atoms with Crippen LogP contribution in [0.25, 0.3) is 0 Å². The monoisotopic (exact) mass is 272 g/mol. The Bertz CT molecular complexity index is 387. The first kappa shape index (κ1) is 16.1. The zero-order valence-electron chi connectivity index (χ0n) is 12.1. The van der Waals surface area contributed by atoms with Crippen molar-refractivity contribution in [2.45, 2.75) is 52.6 Å². The van der Waals surface area contributed by atoms with Crippen LogP contribution in [0.1, 0.15) is 57.6 Å². The summed E-state index contributed by atoms with van der Waals surface area (Å²) < 4.78 is 36.7. The molecule has 0 bridgehead atoms. The number of benzene rings is 1. The van der Waals surface area contributed by atoms with E-state index in [0.29, 0.717) is 0 Å². The third-order valence-electron chi connectivity index (χ3n) is 3.45. The van der Waals surface area contributed by atoms with Gasteiger partial charge < -0.3 is 0 Å². The molecule has 0 unspecified atom stereocenters. The van der Waals surface area contributed by atoms with Gasteiger partial charge in [0.25, 0.3) is 0 Å². The number of rotatable bonds is 2. The summed E-state index contributed by atoms with van der Waals surface area (Å²) in [5, 5.41) is 0. The number of hydrogen-bond donors (Lipinski definition) is 0. The molecule has 1 aliphatic rings. The Morgan fingerprint density at radius 1 is 1.05 bits per heavy atom. The Labute approximate surface area is 114 Å². The summed E-state index contributed by atoms with van der Waals surface area (Å²) >= 11 is 0. The molecular weight excluding hydrogens is 249 g/mol. The quantitative estimate of drug-likeness (QED) is 0.630. The Balaban J connectivity index is 0.000000250. The van der Waals surface area contributed by atoms with Crippen molar-refractivity contribution in [1.29, 1.82) is 0 Å². The number of halogens is 3. The van der Waals surface area contributed by atoms with Gasteiger partial charge in [0.05, 0.1) is 5.56 Å². The van der Waals surface area contributed by atoms with Gasteiger partial charge in [-0.05, 0) is 42.2 Å². The highest BCUT2D eigenvalue weighted by Gasteiger charge is 2.30. The molecule has 0 saturated heterocycles. The van der Waals surface area contributed by atoms with Crippen molar-refractivity contribution >= 4 is 0 Å². The van der Waals surface area contributed by atoms with E-state index in [1.807, 2.05) is 13.8 Å². The summed E-state index contributed by atoms with van der Waals surface area (Å²) in [6.45, 7) is 8.35. The van der Waals surface area contributed by atoms with Crippen LogP contribution < -0.4 is 0 Å². The maximum atomic E-state index is 12.2. The summed E-state index contributed by atoms with van der Waals surface area (Å²) in [4.78, 5) is 0. The molecule has 1 saturated carbocycles. The smallest absolute Gasteiger partial charge is 0.166 e. The minimum absolute atomic E-state index is 0.127. The summed E-state index contributed by atoms with van der Waals surface area (Å²) in [7, 11) is 0. The second kappa shape index (κ2) is 6.44. The summed E-state index contributed by atoms with van der Waals surface area (Å²) in [6.07, 6.45) is -1.24. The lowest BCUT2D eigenvalue weighted by molar-refractivity contribution is -0.137. The van der Waals surface area contributed by atoms with E-state index in [9.17, 15) is 13.2 Å². The van der Waals surface area contributed by atoms with Gasteiger partial charge in [-0.1, -0.05) is 45.9 Å². The van der Waals surface area contributed by atoms with Gasteiger partial charge in [-0.2, -0.15) is 13.2 Å². The van der Waals surface area contributed by atoms with Crippen LogP contribution >= 0.6 is 0 Å². The lowest BCUT2D eigenvalue weighted by Crippen LogP contribution is -2.05. The summed E-state index contributed by atoms with van der Waals surface area (Å²) in [5.74, 6) is 2.19. The minimum atomic E-state index is -4.23. The largest absolute Gasteiger partial charge is 0.416 e. The van der Waals surface area contributed by atoms with Gasteiger partial charge in [0, 0.05) is 0 Å². The van der Waals surface area contributed by atoms with Crippen molar-refractivity contribution in [1.82, 2.24) is 0 Å². The molecule has 0 spiro atoms. The Hall–Kier alpha value is -0.990. The van der Waals surface area contributed by atoms with Crippen LogP contribution in [0, 0.1) is 11.8 Å². The maximum Gasteiger partial charge on any atom is 0.416 e. The SMILES string of the molecule is CC(C)C1CC1.CC(C)c1cccc(C(F)(F)F)c1. The molecule has 0 N–H and O–H groups in total. The molecule has 0 aliphatic heterocycles. The Morgan fingerprint density at radius 3 is 1.95 bits per heavy atom. The molecule has 0 aromatic heterocycles. The molecule has 0 heterocycles. The lowest BCUT2D eigenvalue weighted by atomic mass is 10.0. The molecule has 0 atom stereocenters. The molecule has 1 fully saturated rings. The molecule has 108 valence electrons. The van der Waals surface area contributed by atoms with Crippen molar-refractivity contribution in [2.24, 2.45) is 11.8 Å². The molecule has 1 aromatic carbocycles. The van der Waals surface area contributed by atoms with Crippen LogP contribution in [-0.4, -0.2) is 0 Å². The van der Waals surface area contributed by atoms with Crippen molar-refractivity contribution in [3.63, 3.8) is 0 Å². The first-order chi connectivity index (χ1) is 8.71. The van der Waals surface area contributed by atoms with Gasteiger partial charge in [-0.25, -0.2) is 0 Å². The molecule has 0 nitrogen and oxygen atoms in total. The van der Waals surface area contributed by atoms with Gasteiger partial charge >= 0.3 is 6.18 Å². The minimum Gasteiger partial charge on any atom is -0.166 e. The second-order valence-corrected chi connectivity index (χ2v) is 5.86. The van der Waals surface area contributed by atoms with E-state index in [1.165, 1.54) is 25.0 Å². The van der Waals surface area contributed by atoms with E-state index in [-0.39, 0.29) is 5.92 Å². The predicted molar refractivity (Wildman–Crippen MR) is 73.1 cm³/mol. The first-order valence-corrected chi connectivity index (χ1v) is 6.89. The Kier molecular flexibility index (Phi) is 5.45. The highest BCUT2D eigenvalue weighted by Crippen LogP contribution is 2.35. The maximum absolute atomic E-state index is 12.2. The van der Waals surface area contributed by atoms with Gasteiger partial charge in [-0.15, -0.1) is 0 Å². The molecule has 0 radical (unpaired) electrons. The third kappa shape index (κ3) is 5.66. The van der Waals surface area contributed by atoms with Crippen LogP contribution in [0.3, 0.4) is 0 Å². The van der Waals surface area contributed by atoms with Crippen LogP contribution in [-0.2, 0) is 6.18 Å². The molecule has 0 amide bonds. The average Bonchev–Trinajstić information content (AvgIpc) is 3.12. The fourth-order valence-electron chi connectivity index (χ4n) is 1.84. The van der Waals surface area contributed by atoms with E-state index < -0.39 is 11.7 Å². The van der Waals surface area contributed by atoms with Crippen molar-refractivity contribution in [3.05, 3.63) is 35.4 Å². The first-order valence-electron chi connectivity index (χ1n) is 6.89. The zero-order chi connectivity index (χ0) is 14.6. The van der Waals surface area contributed by atoms with E-state index in [4.69, 9.17) is 0 Å². The molecule has 19 heavy (non-hydrogen) atoms. The third-order valence-corrected chi connectivity index (χ3v) is 3.45. The second-order valence-electron chi connectivity index (χ2n) is 5.86.